The summed E-state index contributed by atoms with van der Waals surface area (Å²) in [6.07, 6.45) is 6.20. The molecule has 1 saturated carbocycles. The van der Waals surface area contributed by atoms with Crippen molar-refractivity contribution < 1.29 is 5.11 Å². The first-order chi connectivity index (χ1) is 13.6. The third-order valence-corrected chi connectivity index (χ3v) is 5.07. The molecule has 0 aliphatic heterocycles. The number of benzene rings is 1. The van der Waals surface area contributed by atoms with Crippen LogP contribution in [0.4, 0.5) is 17.5 Å². The Bertz CT molecular complexity index is 1040. The molecular weight excluding hydrogens is 378 g/mol. The first kappa shape index (κ1) is 18.3. The number of fused-ring (bicyclic) bond motifs is 1. The lowest BCUT2D eigenvalue weighted by molar-refractivity contribution is 0.126. The van der Waals surface area contributed by atoms with Crippen molar-refractivity contribution in [1.82, 2.24) is 19.9 Å². The van der Waals surface area contributed by atoms with E-state index in [1.165, 1.54) is 6.33 Å². The molecule has 1 aliphatic carbocycles. The van der Waals surface area contributed by atoms with Crippen molar-refractivity contribution in [2.24, 2.45) is 0 Å². The van der Waals surface area contributed by atoms with Gasteiger partial charge in [0.1, 0.15) is 23.4 Å². The van der Waals surface area contributed by atoms with Gasteiger partial charge in [-0.05, 0) is 43.9 Å². The third kappa shape index (κ3) is 3.96. The average Bonchev–Trinajstić information content (AvgIpc) is 2.70. The number of hydrogen-bond donors (Lipinski definition) is 3. The second-order valence-electron chi connectivity index (χ2n) is 6.73. The van der Waals surface area contributed by atoms with E-state index >= 15 is 0 Å². The topological polar surface area (TPSA) is 120 Å². The van der Waals surface area contributed by atoms with Crippen LogP contribution in [0, 0.1) is 11.3 Å². The summed E-state index contributed by atoms with van der Waals surface area (Å²) in [6, 6.07) is 7.34. The van der Waals surface area contributed by atoms with Crippen LogP contribution in [0.2, 0.25) is 5.02 Å². The first-order valence-electron chi connectivity index (χ1n) is 9.01. The monoisotopic (exact) mass is 395 g/mol. The summed E-state index contributed by atoms with van der Waals surface area (Å²) in [5, 5.41) is 25.5. The molecule has 142 valence electrons. The van der Waals surface area contributed by atoms with Crippen molar-refractivity contribution in [3.05, 3.63) is 41.3 Å². The fourth-order valence-electron chi connectivity index (χ4n) is 3.24. The summed E-state index contributed by atoms with van der Waals surface area (Å²) in [5.74, 6) is 1.03. The van der Waals surface area contributed by atoms with Crippen LogP contribution in [-0.2, 0) is 0 Å². The molecular formula is C19H18ClN7O. The SMILES string of the molecule is N#Cc1ccc(Nc2ncnc3cnc(N[C@H]4CC[C@H](O)CC4)nc23)cc1Cl. The average molecular weight is 396 g/mol. The van der Waals surface area contributed by atoms with Crippen LogP contribution in [-0.4, -0.2) is 37.2 Å². The van der Waals surface area contributed by atoms with Crippen LogP contribution in [0.1, 0.15) is 31.2 Å². The lowest BCUT2D eigenvalue weighted by Crippen LogP contribution is -2.28. The maximum Gasteiger partial charge on any atom is 0.223 e. The van der Waals surface area contributed by atoms with Gasteiger partial charge in [-0.3, -0.25) is 0 Å². The van der Waals surface area contributed by atoms with E-state index in [0.29, 0.717) is 39.1 Å². The summed E-state index contributed by atoms with van der Waals surface area (Å²) in [7, 11) is 0. The molecule has 4 rings (SSSR count). The normalized spacial score (nSPS) is 19.2. The predicted octanol–water partition coefficient (Wildman–Crippen LogP) is 3.40. The van der Waals surface area contributed by atoms with Crippen LogP contribution in [0.25, 0.3) is 11.0 Å². The zero-order valence-electron chi connectivity index (χ0n) is 14.9. The third-order valence-electron chi connectivity index (χ3n) is 4.76. The Morgan fingerprint density at radius 1 is 1.14 bits per heavy atom. The van der Waals surface area contributed by atoms with E-state index in [-0.39, 0.29) is 12.1 Å². The van der Waals surface area contributed by atoms with Gasteiger partial charge in [0.05, 0.1) is 22.9 Å². The molecule has 3 aromatic rings. The van der Waals surface area contributed by atoms with Gasteiger partial charge in [-0.1, -0.05) is 11.6 Å². The summed E-state index contributed by atoms with van der Waals surface area (Å²) >= 11 is 6.11. The molecule has 0 spiro atoms. The zero-order chi connectivity index (χ0) is 19.5. The maximum atomic E-state index is 9.65. The standard InChI is InChI=1S/C19H18ClN7O/c20-15-7-13(2-1-11(15)8-21)25-18-17-16(23-10-24-18)9-22-19(27-17)26-12-3-5-14(28)6-4-12/h1-2,7,9-10,12,14,28H,3-6H2,(H,22,26,27)(H,23,24,25)/t12-,14-. The second kappa shape index (κ2) is 7.92. The Balaban J connectivity index is 1.60. The van der Waals surface area contributed by atoms with E-state index in [2.05, 4.69) is 30.6 Å². The number of nitrogens with one attached hydrogen (secondary N) is 2. The van der Waals surface area contributed by atoms with E-state index in [4.69, 9.17) is 16.9 Å². The van der Waals surface area contributed by atoms with Crippen molar-refractivity contribution >= 4 is 40.1 Å². The van der Waals surface area contributed by atoms with Crippen LogP contribution < -0.4 is 10.6 Å². The van der Waals surface area contributed by atoms with Gasteiger partial charge in [-0.15, -0.1) is 0 Å². The molecule has 0 bridgehead atoms. The smallest absolute Gasteiger partial charge is 0.223 e. The summed E-state index contributed by atoms with van der Waals surface area (Å²) in [6.45, 7) is 0. The van der Waals surface area contributed by atoms with E-state index in [1.807, 2.05) is 6.07 Å². The quantitative estimate of drug-likeness (QED) is 0.614. The Morgan fingerprint density at radius 2 is 1.96 bits per heavy atom. The summed E-state index contributed by atoms with van der Waals surface area (Å²) < 4.78 is 0. The molecule has 8 nitrogen and oxygen atoms in total. The van der Waals surface area contributed by atoms with Crippen LogP contribution in [0.5, 0.6) is 0 Å². The fraction of sp³-hybridized carbons (Fsp3) is 0.316. The molecule has 2 heterocycles. The molecule has 0 amide bonds. The first-order valence-corrected chi connectivity index (χ1v) is 9.39. The van der Waals surface area contributed by atoms with Crippen LogP contribution >= 0.6 is 11.6 Å². The highest BCUT2D eigenvalue weighted by Gasteiger charge is 2.20. The Kier molecular flexibility index (Phi) is 5.19. The predicted molar refractivity (Wildman–Crippen MR) is 106 cm³/mol. The lowest BCUT2D eigenvalue weighted by atomic mass is 9.93. The number of halogens is 1. The van der Waals surface area contributed by atoms with E-state index in [9.17, 15) is 5.11 Å². The number of aromatic nitrogens is 4. The molecule has 0 radical (unpaired) electrons. The number of aliphatic hydroxyl groups is 1. The van der Waals surface area contributed by atoms with Crippen molar-refractivity contribution in [3.63, 3.8) is 0 Å². The van der Waals surface area contributed by atoms with Crippen molar-refractivity contribution in [2.45, 2.75) is 37.8 Å². The van der Waals surface area contributed by atoms with Gasteiger partial charge in [0.2, 0.25) is 5.95 Å². The second-order valence-corrected chi connectivity index (χ2v) is 7.14. The van der Waals surface area contributed by atoms with Crippen molar-refractivity contribution in [1.29, 1.82) is 5.26 Å². The molecule has 3 N–H and O–H groups in total. The van der Waals surface area contributed by atoms with Gasteiger partial charge in [0, 0.05) is 11.7 Å². The minimum absolute atomic E-state index is 0.209. The number of aliphatic hydroxyl groups excluding tert-OH is 1. The highest BCUT2D eigenvalue weighted by atomic mass is 35.5. The molecule has 1 fully saturated rings. The molecule has 0 atom stereocenters. The number of nitrogens with zero attached hydrogens (tertiary/aromatic N) is 5. The van der Waals surface area contributed by atoms with Gasteiger partial charge in [-0.2, -0.15) is 5.26 Å². The number of nitriles is 1. The van der Waals surface area contributed by atoms with Gasteiger partial charge in [0.15, 0.2) is 5.82 Å². The van der Waals surface area contributed by atoms with Gasteiger partial charge >= 0.3 is 0 Å². The van der Waals surface area contributed by atoms with Gasteiger partial charge in [-0.25, -0.2) is 19.9 Å². The largest absolute Gasteiger partial charge is 0.393 e. The molecule has 28 heavy (non-hydrogen) atoms. The van der Waals surface area contributed by atoms with Crippen LogP contribution in [0.3, 0.4) is 0 Å². The van der Waals surface area contributed by atoms with Crippen LogP contribution in [0.15, 0.2) is 30.7 Å². The minimum atomic E-state index is -0.209. The minimum Gasteiger partial charge on any atom is -0.393 e. The summed E-state index contributed by atoms with van der Waals surface area (Å²) in [4.78, 5) is 17.4. The zero-order valence-corrected chi connectivity index (χ0v) is 15.7. The Morgan fingerprint density at radius 3 is 2.71 bits per heavy atom. The fourth-order valence-corrected chi connectivity index (χ4v) is 3.46. The van der Waals surface area contributed by atoms with E-state index in [0.717, 1.165) is 25.7 Å². The highest BCUT2D eigenvalue weighted by Crippen LogP contribution is 2.26. The Hall–Kier alpha value is -3.02. The summed E-state index contributed by atoms with van der Waals surface area (Å²) in [5.41, 5.74) is 2.29. The molecule has 1 aromatic carbocycles. The highest BCUT2D eigenvalue weighted by molar-refractivity contribution is 6.32. The maximum absolute atomic E-state index is 9.65. The molecule has 0 unspecified atom stereocenters. The number of hydrogen-bond acceptors (Lipinski definition) is 8. The van der Waals surface area contributed by atoms with Gasteiger partial charge < -0.3 is 15.7 Å². The Labute approximate surface area is 166 Å². The lowest BCUT2D eigenvalue weighted by Gasteiger charge is -2.26. The number of anilines is 3. The molecule has 2 aromatic heterocycles. The van der Waals surface area contributed by atoms with Crippen molar-refractivity contribution in [2.75, 3.05) is 10.6 Å². The number of rotatable bonds is 4. The molecule has 0 saturated heterocycles. The molecule has 1 aliphatic rings. The van der Waals surface area contributed by atoms with Gasteiger partial charge in [0.25, 0.3) is 0 Å². The van der Waals surface area contributed by atoms with Crippen molar-refractivity contribution in [3.8, 4) is 6.07 Å². The molecule has 9 heteroatoms. The van der Waals surface area contributed by atoms with E-state index in [1.54, 1.807) is 24.4 Å². The van der Waals surface area contributed by atoms with E-state index < -0.39 is 0 Å².